The summed E-state index contributed by atoms with van der Waals surface area (Å²) < 4.78 is 10.8. The molecule has 0 heterocycles. The van der Waals surface area contributed by atoms with E-state index in [1.165, 1.54) is 0 Å². The van der Waals surface area contributed by atoms with E-state index in [9.17, 15) is 0 Å². The molecule has 1 aliphatic rings. The minimum absolute atomic E-state index is 0.0774. The number of rotatable bonds is 6. The predicted molar refractivity (Wildman–Crippen MR) is 45.8 cm³/mol. The smallest absolute Gasteiger partial charge is 0.165 e. The lowest BCUT2D eigenvalue weighted by atomic mass is 10.1. The van der Waals surface area contributed by atoms with E-state index >= 15 is 0 Å². The summed E-state index contributed by atoms with van der Waals surface area (Å²) in [6.07, 6.45) is 1.85. The molecule has 0 radical (unpaired) electrons. The molecule has 1 saturated carbocycles. The Balaban J connectivity index is 2.41. The van der Waals surface area contributed by atoms with Gasteiger partial charge in [-0.3, -0.25) is 0 Å². The monoisotopic (exact) mass is 174 g/mol. The van der Waals surface area contributed by atoms with Crippen molar-refractivity contribution in [2.75, 3.05) is 19.8 Å². The molecular weight excluding hydrogens is 156 g/mol. The van der Waals surface area contributed by atoms with Crippen molar-refractivity contribution in [1.82, 2.24) is 0 Å². The van der Waals surface area contributed by atoms with Gasteiger partial charge in [0.05, 0.1) is 6.61 Å². The van der Waals surface area contributed by atoms with Crippen LogP contribution >= 0.6 is 0 Å². The SMILES string of the molecule is CCOC(OCC)C1(CO)CC1. The Hall–Kier alpha value is -0.120. The normalized spacial score (nSPS) is 20.0. The number of hydrogen-bond donors (Lipinski definition) is 1. The summed E-state index contributed by atoms with van der Waals surface area (Å²) >= 11 is 0. The third-order valence-corrected chi connectivity index (χ3v) is 2.34. The van der Waals surface area contributed by atoms with Crippen LogP contribution in [0.4, 0.5) is 0 Å². The van der Waals surface area contributed by atoms with Crippen molar-refractivity contribution in [3.05, 3.63) is 0 Å². The zero-order valence-electron chi connectivity index (χ0n) is 7.88. The first-order chi connectivity index (χ1) is 5.79. The van der Waals surface area contributed by atoms with Gasteiger partial charge in [0.2, 0.25) is 0 Å². The van der Waals surface area contributed by atoms with Crippen molar-refractivity contribution < 1.29 is 14.6 Å². The zero-order valence-corrected chi connectivity index (χ0v) is 7.88. The van der Waals surface area contributed by atoms with Crippen LogP contribution in [-0.2, 0) is 9.47 Å². The Bertz CT molecular complexity index is 126. The van der Waals surface area contributed by atoms with Crippen LogP contribution < -0.4 is 0 Å². The number of ether oxygens (including phenoxy) is 2. The molecule has 0 aromatic heterocycles. The van der Waals surface area contributed by atoms with Crippen LogP contribution in [0, 0.1) is 5.41 Å². The summed E-state index contributed by atoms with van der Waals surface area (Å²) in [6.45, 7) is 5.36. The van der Waals surface area contributed by atoms with E-state index in [1.807, 2.05) is 13.8 Å². The summed E-state index contributed by atoms with van der Waals surface area (Å²) in [5.74, 6) is 0. The van der Waals surface area contributed by atoms with Gasteiger partial charge in [0.15, 0.2) is 6.29 Å². The molecule has 1 aliphatic carbocycles. The fraction of sp³-hybridized carbons (Fsp3) is 1.00. The fourth-order valence-electron chi connectivity index (χ4n) is 1.33. The lowest BCUT2D eigenvalue weighted by Gasteiger charge is -2.24. The zero-order chi connectivity index (χ0) is 9.03. The Labute approximate surface area is 73.7 Å². The second-order valence-electron chi connectivity index (χ2n) is 3.26. The molecule has 0 aliphatic heterocycles. The van der Waals surface area contributed by atoms with E-state index in [2.05, 4.69) is 0 Å². The summed E-state index contributed by atoms with van der Waals surface area (Å²) in [6, 6.07) is 0. The standard InChI is InChI=1S/C9H18O3/c1-3-11-8(12-4-2)9(7-10)5-6-9/h8,10H,3-7H2,1-2H3. The highest BCUT2D eigenvalue weighted by atomic mass is 16.7. The first-order valence-corrected chi connectivity index (χ1v) is 4.63. The van der Waals surface area contributed by atoms with Gasteiger partial charge in [0.25, 0.3) is 0 Å². The van der Waals surface area contributed by atoms with Crippen LogP contribution in [0.5, 0.6) is 0 Å². The number of aliphatic hydroxyl groups excluding tert-OH is 1. The highest BCUT2D eigenvalue weighted by Crippen LogP contribution is 2.49. The molecule has 0 bridgehead atoms. The molecule has 0 saturated heterocycles. The minimum Gasteiger partial charge on any atom is -0.396 e. The summed E-state index contributed by atoms with van der Waals surface area (Å²) in [5.41, 5.74) is -0.0774. The van der Waals surface area contributed by atoms with E-state index in [1.54, 1.807) is 0 Å². The third-order valence-electron chi connectivity index (χ3n) is 2.34. The average molecular weight is 174 g/mol. The van der Waals surface area contributed by atoms with Crippen molar-refractivity contribution in [3.8, 4) is 0 Å². The van der Waals surface area contributed by atoms with Crippen LogP contribution in [0.25, 0.3) is 0 Å². The Morgan fingerprint density at radius 1 is 1.25 bits per heavy atom. The second-order valence-corrected chi connectivity index (χ2v) is 3.26. The number of aliphatic hydroxyl groups is 1. The van der Waals surface area contributed by atoms with E-state index in [-0.39, 0.29) is 18.3 Å². The molecule has 0 atom stereocenters. The van der Waals surface area contributed by atoms with Gasteiger partial charge in [-0.1, -0.05) is 0 Å². The van der Waals surface area contributed by atoms with E-state index < -0.39 is 0 Å². The first kappa shape index (κ1) is 9.96. The lowest BCUT2D eigenvalue weighted by molar-refractivity contribution is -0.183. The van der Waals surface area contributed by atoms with Crippen molar-refractivity contribution in [2.24, 2.45) is 5.41 Å². The van der Waals surface area contributed by atoms with Gasteiger partial charge in [-0.2, -0.15) is 0 Å². The molecule has 72 valence electrons. The van der Waals surface area contributed by atoms with Crippen molar-refractivity contribution in [2.45, 2.75) is 33.0 Å². The molecule has 0 amide bonds. The Kier molecular flexibility index (Phi) is 3.50. The van der Waals surface area contributed by atoms with Crippen molar-refractivity contribution in [3.63, 3.8) is 0 Å². The van der Waals surface area contributed by atoms with Gasteiger partial charge in [-0.25, -0.2) is 0 Å². The molecule has 1 fully saturated rings. The molecule has 0 aromatic carbocycles. The maximum Gasteiger partial charge on any atom is 0.165 e. The van der Waals surface area contributed by atoms with Crippen LogP contribution in [-0.4, -0.2) is 31.2 Å². The molecule has 0 aromatic rings. The predicted octanol–water partition coefficient (Wildman–Crippen LogP) is 1.16. The van der Waals surface area contributed by atoms with Crippen LogP contribution in [0.2, 0.25) is 0 Å². The maximum atomic E-state index is 9.12. The molecule has 0 spiro atoms. The molecule has 3 nitrogen and oxygen atoms in total. The molecule has 0 unspecified atom stereocenters. The molecule has 1 rings (SSSR count). The van der Waals surface area contributed by atoms with Crippen LogP contribution in [0.15, 0.2) is 0 Å². The minimum atomic E-state index is -0.197. The fourth-order valence-corrected chi connectivity index (χ4v) is 1.33. The quantitative estimate of drug-likeness (QED) is 0.614. The topological polar surface area (TPSA) is 38.7 Å². The highest BCUT2D eigenvalue weighted by Gasteiger charge is 2.50. The van der Waals surface area contributed by atoms with Crippen LogP contribution in [0.1, 0.15) is 26.7 Å². The van der Waals surface area contributed by atoms with Gasteiger partial charge in [0.1, 0.15) is 0 Å². The second kappa shape index (κ2) is 4.21. The maximum absolute atomic E-state index is 9.12. The summed E-state index contributed by atoms with van der Waals surface area (Å²) in [4.78, 5) is 0. The van der Waals surface area contributed by atoms with Crippen LogP contribution in [0.3, 0.4) is 0 Å². The molecule has 3 heteroatoms. The molecule has 12 heavy (non-hydrogen) atoms. The number of hydrogen-bond acceptors (Lipinski definition) is 3. The Morgan fingerprint density at radius 3 is 2.00 bits per heavy atom. The summed E-state index contributed by atoms with van der Waals surface area (Å²) in [7, 11) is 0. The highest BCUT2D eigenvalue weighted by molar-refractivity contribution is 4.95. The van der Waals surface area contributed by atoms with Gasteiger partial charge < -0.3 is 14.6 Å². The van der Waals surface area contributed by atoms with E-state index in [0.29, 0.717) is 13.2 Å². The van der Waals surface area contributed by atoms with Gasteiger partial charge in [-0.15, -0.1) is 0 Å². The Morgan fingerprint density at radius 2 is 1.75 bits per heavy atom. The third kappa shape index (κ3) is 1.97. The largest absolute Gasteiger partial charge is 0.396 e. The van der Waals surface area contributed by atoms with E-state index in [4.69, 9.17) is 14.6 Å². The van der Waals surface area contributed by atoms with Gasteiger partial charge in [0, 0.05) is 18.6 Å². The summed E-state index contributed by atoms with van der Waals surface area (Å²) in [5, 5.41) is 9.12. The van der Waals surface area contributed by atoms with Gasteiger partial charge >= 0.3 is 0 Å². The van der Waals surface area contributed by atoms with Gasteiger partial charge in [-0.05, 0) is 26.7 Å². The molecular formula is C9H18O3. The molecule has 1 N–H and O–H groups in total. The lowest BCUT2D eigenvalue weighted by Crippen LogP contribution is -2.31. The average Bonchev–Trinajstić information content (AvgIpc) is 2.85. The first-order valence-electron chi connectivity index (χ1n) is 4.63. The van der Waals surface area contributed by atoms with Crippen molar-refractivity contribution in [1.29, 1.82) is 0 Å². The van der Waals surface area contributed by atoms with Crippen molar-refractivity contribution >= 4 is 0 Å². The van der Waals surface area contributed by atoms with E-state index in [0.717, 1.165) is 12.8 Å².